The van der Waals surface area contributed by atoms with Gasteiger partial charge < -0.3 is 31.1 Å². The lowest BCUT2D eigenvalue weighted by Crippen LogP contribution is -2.49. The molecule has 2 aromatic carbocycles. The van der Waals surface area contributed by atoms with Crippen molar-refractivity contribution in [3.63, 3.8) is 0 Å². The van der Waals surface area contributed by atoms with Gasteiger partial charge in [-0.3, -0.25) is 4.79 Å². The molecular formula is C26H30N6O3. The number of ether oxygens (including phenoxy) is 1. The number of nitrogens with one attached hydrogen (secondary N) is 2. The molecule has 0 radical (unpaired) electrons. The first-order chi connectivity index (χ1) is 17.1. The quantitative estimate of drug-likeness (QED) is 0.348. The van der Waals surface area contributed by atoms with E-state index in [1.807, 2.05) is 47.4 Å². The van der Waals surface area contributed by atoms with Gasteiger partial charge in [-0.15, -0.1) is 0 Å². The maximum absolute atomic E-state index is 12.5. The van der Waals surface area contributed by atoms with Crippen molar-refractivity contribution in [1.29, 1.82) is 0 Å². The Bertz CT molecular complexity index is 1120. The number of hydrogen-bond donors (Lipinski definition) is 4. The summed E-state index contributed by atoms with van der Waals surface area (Å²) in [5.41, 5.74) is 8.35. The van der Waals surface area contributed by atoms with E-state index in [2.05, 4.69) is 20.6 Å². The number of nitrogens with zero attached hydrogens (tertiary/aromatic N) is 3. The minimum atomic E-state index is -0.322. The van der Waals surface area contributed by atoms with Gasteiger partial charge in [-0.1, -0.05) is 54.6 Å². The number of aromatic nitrogens is 2. The second kappa shape index (κ2) is 12.1. The van der Waals surface area contributed by atoms with Crippen LogP contribution in [0.1, 0.15) is 15.9 Å². The largest absolute Gasteiger partial charge is 0.397 e. The maximum atomic E-state index is 12.5. The zero-order chi connectivity index (χ0) is 24.5. The van der Waals surface area contributed by atoms with Crippen molar-refractivity contribution in [2.75, 3.05) is 48.8 Å². The van der Waals surface area contributed by atoms with Crippen LogP contribution in [0.15, 0.2) is 73.1 Å². The van der Waals surface area contributed by atoms with E-state index >= 15 is 0 Å². The summed E-state index contributed by atoms with van der Waals surface area (Å²) in [6, 6.07) is 16.8. The number of aliphatic hydroxyl groups excluding tert-OH is 1. The number of morpholine rings is 1. The highest BCUT2D eigenvalue weighted by Gasteiger charge is 2.23. The van der Waals surface area contributed by atoms with Crippen LogP contribution >= 0.6 is 0 Å². The van der Waals surface area contributed by atoms with Gasteiger partial charge in [0.05, 0.1) is 36.3 Å². The van der Waals surface area contributed by atoms with Gasteiger partial charge in [-0.25, -0.2) is 9.97 Å². The standard InChI is InChI=1S/C26H30N6O3/c27-23-8-4-5-9-24(23)31-25(34)20-14-29-26(30-15-20)32-12-13-35-22(17-32)16-28-21(18-33)11-10-19-6-2-1-3-7-19/h1-11,14-15,21-22,28,33H,12-13,16-18,27H2,(H,31,34). The van der Waals surface area contributed by atoms with Crippen molar-refractivity contribution in [2.24, 2.45) is 0 Å². The maximum Gasteiger partial charge on any atom is 0.258 e. The number of benzene rings is 2. The van der Waals surface area contributed by atoms with Crippen LogP contribution in [-0.2, 0) is 4.74 Å². The molecule has 3 aromatic rings. The Morgan fingerprint density at radius 3 is 2.66 bits per heavy atom. The molecule has 1 amide bonds. The smallest absolute Gasteiger partial charge is 0.258 e. The van der Waals surface area contributed by atoms with E-state index in [4.69, 9.17) is 10.5 Å². The van der Waals surface area contributed by atoms with Gasteiger partial charge in [-0.05, 0) is 17.7 Å². The molecule has 1 aromatic heterocycles. The number of carbonyl (C=O) groups excluding carboxylic acids is 1. The van der Waals surface area contributed by atoms with Crippen LogP contribution in [0.25, 0.3) is 6.08 Å². The topological polar surface area (TPSA) is 126 Å². The zero-order valence-electron chi connectivity index (χ0n) is 19.4. The Hall–Kier alpha value is -3.79. The van der Waals surface area contributed by atoms with E-state index in [0.717, 1.165) is 5.56 Å². The number of amides is 1. The fourth-order valence-electron chi connectivity index (χ4n) is 3.70. The second-order valence-electron chi connectivity index (χ2n) is 8.22. The number of carbonyl (C=O) groups is 1. The summed E-state index contributed by atoms with van der Waals surface area (Å²) in [5.74, 6) is 0.217. The van der Waals surface area contributed by atoms with Gasteiger partial charge in [0.15, 0.2) is 0 Å². The number of rotatable bonds is 9. The van der Waals surface area contributed by atoms with E-state index in [1.165, 1.54) is 12.4 Å². The lowest BCUT2D eigenvalue weighted by atomic mass is 10.1. The third-order valence-corrected chi connectivity index (χ3v) is 5.66. The molecule has 5 N–H and O–H groups in total. The van der Waals surface area contributed by atoms with Crippen LogP contribution < -0.4 is 21.3 Å². The molecule has 0 aliphatic carbocycles. The number of para-hydroxylation sites is 2. The molecular weight excluding hydrogens is 444 g/mol. The van der Waals surface area contributed by atoms with Gasteiger partial charge in [0, 0.05) is 38.1 Å². The molecule has 0 spiro atoms. The third-order valence-electron chi connectivity index (χ3n) is 5.66. The van der Waals surface area contributed by atoms with Crippen LogP contribution in [0.3, 0.4) is 0 Å². The highest BCUT2D eigenvalue weighted by Crippen LogP contribution is 2.18. The fraction of sp³-hybridized carbons (Fsp3) is 0.269. The Morgan fingerprint density at radius 2 is 1.91 bits per heavy atom. The second-order valence-corrected chi connectivity index (χ2v) is 8.22. The molecule has 9 nitrogen and oxygen atoms in total. The van der Waals surface area contributed by atoms with Crippen molar-refractivity contribution in [3.05, 3.63) is 84.2 Å². The molecule has 1 aliphatic rings. The molecule has 0 bridgehead atoms. The van der Waals surface area contributed by atoms with Crippen LogP contribution in [0, 0.1) is 0 Å². The molecule has 1 fully saturated rings. The van der Waals surface area contributed by atoms with Crippen LogP contribution in [0.5, 0.6) is 0 Å². The van der Waals surface area contributed by atoms with E-state index in [9.17, 15) is 9.90 Å². The first kappa shape index (κ1) is 24.3. The molecule has 4 rings (SSSR count). The van der Waals surface area contributed by atoms with Crippen LogP contribution in [0.2, 0.25) is 0 Å². The third kappa shape index (κ3) is 6.86. The summed E-state index contributed by atoms with van der Waals surface area (Å²) in [4.78, 5) is 23.3. The summed E-state index contributed by atoms with van der Waals surface area (Å²) in [5, 5.41) is 15.8. The Morgan fingerprint density at radius 1 is 1.17 bits per heavy atom. The highest BCUT2D eigenvalue weighted by molar-refractivity contribution is 6.05. The minimum absolute atomic E-state index is 0.0129. The van der Waals surface area contributed by atoms with Gasteiger partial charge in [0.1, 0.15) is 0 Å². The fourth-order valence-corrected chi connectivity index (χ4v) is 3.70. The average molecular weight is 475 g/mol. The van der Waals surface area contributed by atoms with Crippen molar-refractivity contribution in [3.8, 4) is 0 Å². The number of nitrogens with two attached hydrogens (primary N) is 1. The van der Waals surface area contributed by atoms with Crippen molar-refractivity contribution >= 4 is 29.3 Å². The summed E-state index contributed by atoms with van der Waals surface area (Å²) in [7, 11) is 0. The SMILES string of the molecule is Nc1ccccc1NC(=O)c1cnc(N2CCOC(CNC(C=Cc3ccccc3)CO)C2)nc1. The summed E-state index contributed by atoms with van der Waals surface area (Å²) in [6.45, 7) is 2.34. The van der Waals surface area contributed by atoms with Crippen LogP contribution in [-0.4, -0.2) is 66.0 Å². The molecule has 182 valence electrons. The van der Waals surface area contributed by atoms with Gasteiger partial charge >= 0.3 is 0 Å². The molecule has 0 saturated carbocycles. The zero-order valence-corrected chi connectivity index (χ0v) is 19.4. The first-order valence-electron chi connectivity index (χ1n) is 11.5. The predicted molar refractivity (Wildman–Crippen MR) is 137 cm³/mol. The Balaban J connectivity index is 1.30. The van der Waals surface area contributed by atoms with Crippen molar-refractivity contribution < 1.29 is 14.6 Å². The van der Waals surface area contributed by atoms with E-state index in [-0.39, 0.29) is 24.7 Å². The van der Waals surface area contributed by atoms with Crippen molar-refractivity contribution in [2.45, 2.75) is 12.1 Å². The lowest BCUT2D eigenvalue weighted by molar-refractivity contribution is 0.0383. The Kier molecular flexibility index (Phi) is 8.39. The summed E-state index contributed by atoms with van der Waals surface area (Å²) >= 11 is 0. The number of nitrogen functional groups attached to an aromatic ring is 1. The predicted octanol–water partition coefficient (Wildman–Crippen LogP) is 2.18. The summed E-state index contributed by atoms with van der Waals surface area (Å²) < 4.78 is 5.89. The van der Waals surface area contributed by atoms with E-state index < -0.39 is 0 Å². The molecule has 35 heavy (non-hydrogen) atoms. The number of aliphatic hydroxyl groups is 1. The molecule has 1 aliphatic heterocycles. The van der Waals surface area contributed by atoms with Crippen molar-refractivity contribution in [1.82, 2.24) is 15.3 Å². The van der Waals surface area contributed by atoms with E-state index in [0.29, 0.717) is 49.1 Å². The monoisotopic (exact) mass is 474 g/mol. The van der Waals surface area contributed by atoms with Gasteiger partial charge in [0.2, 0.25) is 5.95 Å². The highest BCUT2D eigenvalue weighted by atomic mass is 16.5. The Labute approximate surface area is 204 Å². The molecule has 2 heterocycles. The first-order valence-corrected chi connectivity index (χ1v) is 11.5. The number of hydrogen-bond acceptors (Lipinski definition) is 8. The van der Waals surface area contributed by atoms with Crippen LogP contribution in [0.4, 0.5) is 17.3 Å². The molecule has 1 saturated heterocycles. The molecule has 2 atom stereocenters. The van der Waals surface area contributed by atoms with Gasteiger partial charge in [0.25, 0.3) is 5.91 Å². The average Bonchev–Trinajstić information content (AvgIpc) is 2.91. The molecule has 9 heteroatoms. The lowest BCUT2D eigenvalue weighted by Gasteiger charge is -2.33. The van der Waals surface area contributed by atoms with E-state index in [1.54, 1.807) is 24.3 Å². The number of anilines is 3. The normalized spacial score (nSPS) is 16.8. The minimum Gasteiger partial charge on any atom is -0.397 e. The summed E-state index contributed by atoms with van der Waals surface area (Å²) in [6.07, 6.45) is 6.87. The molecule has 2 unspecified atom stereocenters. The van der Waals surface area contributed by atoms with Gasteiger partial charge in [-0.2, -0.15) is 0 Å².